The SMILES string of the molecule is O=C([C@@H]1C[C@H](N2CCN(c3ccc4ccccc4c3)CC2)CN1)N1CCSCC1. The topological polar surface area (TPSA) is 38.8 Å². The minimum absolute atomic E-state index is 0.0154. The molecule has 29 heavy (non-hydrogen) atoms. The van der Waals surface area contributed by atoms with Crippen molar-refractivity contribution in [2.24, 2.45) is 0 Å². The molecule has 0 radical (unpaired) electrons. The summed E-state index contributed by atoms with van der Waals surface area (Å²) in [5.74, 6) is 2.49. The van der Waals surface area contributed by atoms with Crippen molar-refractivity contribution >= 4 is 34.1 Å². The number of nitrogens with one attached hydrogen (secondary N) is 1. The van der Waals surface area contributed by atoms with Gasteiger partial charge in [-0.05, 0) is 29.3 Å². The van der Waals surface area contributed by atoms with E-state index in [2.05, 4.69) is 62.5 Å². The monoisotopic (exact) mass is 410 g/mol. The summed E-state index contributed by atoms with van der Waals surface area (Å²) in [6.07, 6.45) is 0.957. The van der Waals surface area contributed by atoms with Crippen LogP contribution >= 0.6 is 11.8 Å². The van der Waals surface area contributed by atoms with Crippen molar-refractivity contribution in [3.63, 3.8) is 0 Å². The van der Waals surface area contributed by atoms with Gasteiger partial charge < -0.3 is 15.1 Å². The minimum atomic E-state index is 0.0154. The number of benzene rings is 2. The Bertz CT molecular complexity index is 861. The number of nitrogens with zero attached hydrogens (tertiary/aromatic N) is 3. The van der Waals surface area contributed by atoms with Gasteiger partial charge in [0.1, 0.15) is 0 Å². The number of thioether (sulfide) groups is 1. The Morgan fingerprint density at radius 1 is 0.931 bits per heavy atom. The molecule has 2 aromatic carbocycles. The molecule has 0 aliphatic carbocycles. The first-order chi connectivity index (χ1) is 14.3. The quantitative estimate of drug-likeness (QED) is 0.841. The van der Waals surface area contributed by atoms with Gasteiger partial charge in [-0.15, -0.1) is 0 Å². The van der Waals surface area contributed by atoms with Gasteiger partial charge in [0.15, 0.2) is 0 Å². The minimum Gasteiger partial charge on any atom is -0.369 e. The number of carbonyl (C=O) groups excluding carboxylic acids is 1. The summed E-state index contributed by atoms with van der Waals surface area (Å²) in [6, 6.07) is 15.9. The van der Waals surface area contributed by atoms with Crippen LogP contribution in [-0.2, 0) is 4.79 Å². The maximum Gasteiger partial charge on any atom is 0.239 e. The van der Waals surface area contributed by atoms with E-state index in [1.54, 1.807) is 0 Å². The predicted molar refractivity (Wildman–Crippen MR) is 122 cm³/mol. The van der Waals surface area contributed by atoms with Crippen LogP contribution in [0.25, 0.3) is 10.8 Å². The van der Waals surface area contributed by atoms with Gasteiger partial charge in [0.2, 0.25) is 5.91 Å². The average molecular weight is 411 g/mol. The van der Waals surface area contributed by atoms with Crippen LogP contribution in [0.3, 0.4) is 0 Å². The van der Waals surface area contributed by atoms with E-state index in [0.717, 1.165) is 63.7 Å². The Morgan fingerprint density at radius 3 is 2.48 bits per heavy atom. The Labute approximate surface area is 177 Å². The van der Waals surface area contributed by atoms with E-state index in [-0.39, 0.29) is 6.04 Å². The highest BCUT2D eigenvalue weighted by atomic mass is 32.2. The number of fused-ring (bicyclic) bond motifs is 1. The second kappa shape index (κ2) is 8.54. The van der Waals surface area contributed by atoms with Gasteiger partial charge in [-0.2, -0.15) is 11.8 Å². The van der Waals surface area contributed by atoms with Crippen LogP contribution in [0.4, 0.5) is 5.69 Å². The van der Waals surface area contributed by atoms with E-state index in [1.165, 1.54) is 16.5 Å². The first kappa shape index (κ1) is 19.2. The number of amides is 1. The Hall–Kier alpha value is -1.76. The van der Waals surface area contributed by atoms with Gasteiger partial charge >= 0.3 is 0 Å². The van der Waals surface area contributed by atoms with E-state index in [1.807, 2.05) is 11.8 Å². The molecule has 2 aromatic rings. The van der Waals surface area contributed by atoms with Crippen molar-refractivity contribution in [2.45, 2.75) is 18.5 Å². The zero-order chi connectivity index (χ0) is 19.6. The lowest BCUT2D eigenvalue weighted by Crippen LogP contribution is -2.51. The lowest BCUT2D eigenvalue weighted by atomic mass is 10.1. The predicted octanol–water partition coefficient (Wildman–Crippen LogP) is 2.27. The molecule has 6 heteroatoms. The van der Waals surface area contributed by atoms with Crippen LogP contribution in [0.5, 0.6) is 0 Å². The standard InChI is InChI=1S/C23H30N4OS/c28-23(27-11-13-29-14-12-27)22-16-21(17-24-22)26-9-7-25(8-10-26)20-6-5-18-3-1-2-4-19(18)15-20/h1-6,15,21-22,24H,7-14,16-17H2/t21-,22-/m0/s1. The first-order valence-electron chi connectivity index (χ1n) is 10.9. The van der Waals surface area contributed by atoms with Gasteiger partial charge in [-0.1, -0.05) is 30.3 Å². The fourth-order valence-corrected chi connectivity index (χ4v) is 5.81. The highest BCUT2D eigenvalue weighted by molar-refractivity contribution is 7.99. The number of anilines is 1. The lowest BCUT2D eigenvalue weighted by molar-refractivity contribution is -0.132. The summed E-state index contributed by atoms with van der Waals surface area (Å²) < 4.78 is 0. The van der Waals surface area contributed by atoms with E-state index >= 15 is 0 Å². The molecule has 1 N–H and O–H groups in total. The Balaban J connectivity index is 1.16. The van der Waals surface area contributed by atoms with Crippen molar-refractivity contribution in [3.05, 3.63) is 42.5 Å². The third kappa shape index (κ3) is 4.11. The normalized spacial score (nSPS) is 26.2. The second-order valence-corrected chi connectivity index (χ2v) is 9.57. The molecule has 3 saturated heterocycles. The van der Waals surface area contributed by atoms with Crippen LogP contribution in [0.1, 0.15) is 6.42 Å². The third-order valence-electron chi connectivity index (χ3n) is 6.66. The lowest BCUT2D eigenvalue weighted by Gasteiger charge is -2.39. The summed E-state index contributed by atoms with van der Waals surface area (Å²) in [5, 5.41) is 6.12. The van der Waals surface area contributed by atoms with E-state index in [4.69, 9.17) is 0 Å². The molecule has 1 amide bonds. The summed E-state index contributed by atoms with van der Waals surface area (Å²) in [6.45, 7) is 7.01. The molecule has 3 heterocycles. The zero-order valence-electron chi connectivity index (χ0n) is 16.9. The highest BCUT2D eigenvalue weighted by Gasteiger charge is 2.36. The molecule has 5 rings (SSSR count). The molecule has 3 fully saturated rings. The van der Waals surface area contributed by atoms with Gasteiger partial charge in [0, 0.05) is 69.0 Å². The third-order valence-corrected chi connectivity index (χ3v) is 7.60. The van der Waals surface area contributed by atoms with Crippen molar-refractivity contribution < 1.29 is 4.79 Å². The van der Waals surface area contributed by atoms with E-state index in [9.17, 15) is 4.79 Å². The number of rotatable bonds is 3. The van der Waals surface area contributed by atoms with Crippen LogP contribution in [-0.4, -0.2) is 85.1 Å². The summed E-state index contributed by atoms with van der Waals surface area (Å²) in [7, 11) is 0. The van der Waals surface area contributed by atoms with Crippen LogP contribution < -0.4 is 10.2 Å². The molecule has 2 atom stereocenters. The molecule has 0 bridgehead atoms. The molecule has 0 spiro atoms. The number of piperazine rings is 1. The Morgan fingerprint density at radius 2 is 1.69 bits per heavy atom. The van der Waals surface area contributed by atoms with E-state index in [0.29, 0.717) is 11.9 Å². The fraction of sp³-hybridized carbons (Fsp3) is 0.522. The number of hydrogen-bond donors (Lipinski definition) is 1. The molecule has 3 aliphatic heterocycles. The average Bonchev–Trinajstić information content (AvgIpc) is 3.29. The summed E-state index contributed by atoms with van der Waals surface area (Å²) in [4.78, 5) is 20.0. The summed E-state index contributed by atoms with van der Waals surface area (Å²) in [5.41, 5.74) is 1.32. The number of hydrogen-bond acceptors (Lipinski definition) is 5. The zero-order valence-corrected chi connectivity index (χ0v) is 17.7. The number of carbonyl (C=O) groups is 1. The molecule has 0 aromatic heterocycles. The molecule has 5 nitrogen and oxygen atoms in total. The van der Waals surface area contributed by atoms with Gasteiger partial charge in [-0.25, -0.2) is 0 Å². The smallest absolute Gasteiger partial charge is 0.239 e. The van der Waals surface area contributed by atoms with Gasteiger partial charge in [-0.3, -0.25) is 9.69 Å². The highest BCUT2D eigenvalue weighted by Crippen LogP contribution is 2.25. The van der Waals surface area contributed by atoms with Crippen LogP contribution in [0.2, 0.25) is 0 Å². The summed E-state index contributed by atoms with van der Waals surface area (Å²) >= 11 is 1.95. The van der Waals surface area contributed by atoms with Crippen molar-refractivity contribution in [1.82, 2.24) is 15.1 Å². The maximum absolute atomic E-state index is 12.8. The molecule has 3 aliphatic rings. The molecule has 0 saturated carbocycles. The Kier molecular flexibility index (Phi) is 5.66. The largest absolute Gasteiger partial charge is 0.369 e. The van der Waals surface area contributed by atoms with Crippen LogP contribution in [0.15, 0.2) is 42.5 Å². The van der Waals surface area contributed by atoms with Crippen molar-refractivity contribution in [1.29, 1.82) is 0 Å². The first-order valence-corrected chi connectivity index (χ1v) is 12.0. The van der Waals surface area contributed by atoms with Crippen molar-refractivity contribution in [2.75, 3.05) is 62.2 Å². The van der Waals surface area contributed by atoms with Gasteiger partial charge in [0.05, 0.1) is 6.04 Å². The molecule has 0 unspecified atom stereocenters. The molecular weight excluding hydrogens is 380 g/mol. The van der Waals surface area contributed by atoms with Crippen molar-refractivity contribution in [3.8, 4) is 0 Å². The molecule has 154 valence electrons. The fourth-order valence-electron chi connectivity index (χ4n) is 4.91. The molecular formula is C23H30N4OS. The van der Waals surface area contributed by atoms with Crippen LogP contribution in [0, 0.1) is 0 Å². The maximum atomic E-state index is 12.8. The van der Waals surface area contributed by atoms with E-state index < -0.39 is 0 Å². The second-order valence-electron chi connectivity index (χ2n) is 8.34. The van der Waals surface area contributed by atoms with Gasteiger partial charge in [0.25, 0.3) is 0 Å².